The number of carbonyl (C=O) groups excluding carboxylic acids is 2. The number of ether oxygens (including phenoxy) is 2. The Kier molecular flexibility index (Phi) is 7.72. The summed E-state index contributed by atoms with van der Waals surface area (Å²) in [5, 5.41) is 11.7. The highest BCUT2D eigenvalue weighted by Crippen LogP contribution is 2.50. The molecule has 6 atom stereocenters. The van der Waals surface area contributed by atoms with Crippen LogP contribution in [-0.4, -0.2) is 34.9 Å². The summed E-state index contributed by atoms with van der Waals surface area (Å²) in [6.07, 6.45) is 6.64. The van der Waals surface area contributed by atoms with Gasteiger partial charge in [0.15, 0.2) is 6.10 Å². The van der Waals surface area contributed by atoms with Gasteiger partial charge in [0.25, 0.3) is 0 Å². The maximum Gasteiger partial charge on any atom is 0.303 e. The fourth-order valence-electron chi connectivity index (χ4n) is 5.30. The predicted molar refractivity (Wildman–Crippen MR) is 113 cm³/mol. The van der Waals surface area contributed by atoms with Crippen LogP contribution in [0, 0.1) is 23.7 Å². The lowest BCUT2D eigenvalue weighted by Gasteiger charge is -2.54. The van der Waals surface area contributed by atoms with Crippen molar-refractivity contribution in [2.75, 3.05) is 0 Å². The Morgan fingerprint density at radius 3 is 2.28 bits per heavy atom. The average Bonchev–Trinajstić information content (AvgIpc) is 2.56. The average molecular weight is 407 g/mol. The van der Waals surface area contributed by atoms with E-state index in [1.165, 1.54) is 25.0 Å². The molecular formula is C24H38O5. The van der Waals surface area contributed by atoms with E-state index < -0.39 is 29.7 Å². The predicted octanol–water partition coefficient (Wildman–Crippen LogP) is 4.59. The van der Waals surface area contributed by atoms with Crippen molar-refractivity contribution in [1.82, 2.24) is 0 Å². The molecule has 1 saturated carbocycles. The second kappa shape index (κ2) is 9.46. The largest absolute Gasteiger partial charge is 0.458 e. The number of hydrogen-bond donors (Lipinski definition) is 1. The number of carbonyl (C=O) groups is 2. The summed E-state index contributed by atoms with van der Waals surface area (Å²) in [5.41, 5.74) is 1.29. The van der Waals surface area contributed by atoms with Gasteiger partial charge in [0.05, 0.1) is 0 Å². The summed E-state index contributed by atoms with van der Waals surface area (Å²) in [5.74, 6) is -0.839. The zero-order valence-corrected chi connectivity index (χ0v) is 19.0. The Labute approximate surface area is 175 Å². The first kappa shape index (κ1) is 23.7. The van der Waals surface area contributed by atoms with E-state index in [0.717, 1.165) is 25.7 Å². The van der Waals surface area contributed by atoms with Gasteiger partial charge in [-0.2, -0.15) is 0 Å². The maximum atomic E-state index is 11.9. The fraction of sp³-hybridized carbons (Fsp3) is 0.750. The minimum atomic E-state index is -1.31. The highest BCUT2D eigenvalue weighted by molar-refractivity contribution is 5.67. The van der Waals surface area contributed by atoms with Crippen LogP contribution in [-0.2, 0) is 19.1 Å². The smallest absolute Gasteiger partial charge is 0.303 e. The molecule has 0 heterocycles. The van der Waals surface area contributed by atoms with Crippen LogP contribution in [0.15, 0.2) is 23.3 Å². The van der Waals surface area contributed by atoms with Crippen molar-refractivity contribution in [3.8, 4) is 0 Å². The van der Waals surface area contributed by atoms with Gasteiger partial charge in [0.1, 0.15) is 11.7 Å². The van der Waals surface area contributed by atoms with E-state index in [0.29, 0.717) is 0 Å². The van der Waals surface area contributed by atoms with E-state index in [1.54, 1.807) is 6.92 Å². The van der Waals surface area contributed by atoms with Gasteiger partial charge in [-0.3, -0.25) is 9.59 Å². The van der Waals surface area contributed by atoms with E-state index in [4.69, 9.17) is 9.47 Å². The molecule has 0 aromatic rings. The van der Waals surface area contributed by atoms with E-state index >= 15 is 0 Å². The third kappa shape index (κ3) is 5.50. The summed E-state index contributed by atoms with van der Waals surface area (Å²) in [7, 11) is 0. The van der Waals surface area contributed by atoms with Crippen molar-refractivity contribution in [3.05, 3.63) is 23.3 Å². The van der Waals surface area contributed by atoms with Gasteiger partial charge < -0.3 is 14.6 Å². The molecule has 5 heteroatoms. The molecule has 0 amide bonds. The van der Waals surface area contributed by atoms with E-state index in [1.807, 2.05) is 0 Å². The van der Waals surface area contributed by atoms with Crippen molar-refractivity contribution in [2.24, 2.45) is 23.7 Å². The zero-order chi connectivity index (χ0) is 21.9. The Morgan fingerprint density at radius 1 is 1.10 bits per heavy atom. The van der Waals surface area contributed by atoms with Crippen molar-refractivity contribution in [3.63, 3.8) is 0 Å². The second-order valence-electron chi connectivity index (χ2n) is 9.48. The monoisotopic (exact) mass is 406 g/mol. The molecule has 0 spiro atoms. The van der Waals surface area contributed by atoms with Crippen molar-refractivity contribution in [1.29, 1.82) is 0 Å². The highest BCUT2D eigenvalue weighted by Gasteiger charge is 2.59. The lowest BCUT2D eigenvalue weighted by Crippen LogP contribution is -2.65. The molecule has 2 rings (SSSR count). The molecule has 0 saturated heterocycles. The van der Waals surface area contributed by atoms with Gasteiger partial charge in [0, 0.05) is 19.8 Å². The molecular weight excluding hydrogens is 368 g/mol. The van der Waals surface area contributed by atoms with E-state index in [-0.39, 0.29) is 23.7 Å². The van der Waals surface area contributed by atoms with Crippen LogP contribution in [0.25, 0.3) is 0 Å². The minimum Gasteiger partial charge on any atom is -0.458 e. The lowest BCUT2D eigenvalue weighted by atomic mass is 9.57. The SMILES string of the molecule is CC(=O)O[C@H]1[C@H](C(C)C)[C@H]2C=C(C)CC/C=C(\C)CC[C@H]2[C@](C)(O)[C@@H]1OC(C)=O. The van der Waals surface area contributed by atoms with Gasteiger partial charge in [-0.1, -0.05) is 37.1 Å². The van der Waals surface area contributed by atoms with Crippen LogP contribution < -0.4 is 0 Å². The van der Waals surface area contributed by atoms with E-state index in [2.05, 4.69) is 39.8 Å². The number of esters is 2. The number of rotatable bonds is 3. The molecule has 164 valence electrons. The third-order valence-corrected chi connectivity index (χ3v) is 6.64. The standard InChI is InChI=1S/C24H38O5/c1-14(2)21-19-13-16(4)10-8-9-15(3)11-12-20(19)24(7,27)23(29-18(6)26)22(21)28-17(5)25/h9,13-14,19-23,27H,8,10-12H2,1-7H3/b15-9+,16-13?/t19-,20+,21+,22-,23+,24-/m0/s1. The molecule has 0 radical (unpaired) electrons. The molecule has 1 fully saturated rings. The van der Waals surface area contributed by atoms with Crippen LogP contribution in [0.5, 0.6) is 0 Å². The molecule has 2 aliphatic carbocycles. The number of fused-ring (bicyclic) bond motifs is 1. The Bertz CT molecular complexity index is 671. The third-order valence-electron chi connectivity index (χ3n) is 6.64. The Balaban J connectivity index is 2.62. The molecule has 0 unspecified atom stereocenters. The van der Waals surface area contributed by atoms with Crippen LogP contribution in [0.3, 0.4) is 0 Å². The van der Waals surface area contributed by atoms with E-state index in [9.17, 15) is 14.7 Å². The number of allylic oxidation sites excluding steroid dienone is 4. The van der Waals surface area contributed by atoms with Crippen LogP contribution in [0.4, 0.5) is 0 Å². The zero-order valence-electron chi connectivity index (χ0n) is 19.0. The van der Waals surface area contributed by atoms with Gasteiger partial charge in [-0.05, 0) is 64.2 Å². The summed E-state index contributed by atoms with van der Waals surface area (Å²) in [6.45, 7) is 12.9. The molecule has 2 aliphatic rings. The second-order valence-corrected chi connectivity index (χ2v) is 9.48. The summed E-state index contributed by atoms with van der Waals surface area (Å²) < 4.78 is 11.4. The normalized spacial score (nSPS) is 37.6. The molecule has 0 aromatic heterocycles. The quantitative estimate of drug-likeness (QED) is 0.548. The van der Waals surface area contributed by atoms with Crippen LogP contribution in [0.2, 0.25) is 0 Å². The van der Waals surface area contributed by atoms with Gasteiger partial charge in [-0.15, -0.1) is 0 Å². The molecule has 1 N–H and O–H groups in total. The van der Waals surface area contributed by atoms with Crippen molar-refractivity contribution >= 4 is 11.9 Å². The van der Waals surface area contributed by atoms with Crippen molar-refractivity contribution < 1.29 is 24.2 Å². The first-order chi connectivity index (χ1) is 13.4. The first-order valence-electron chi connectivity index (χ1n) is 10.8. The molecule has 0 aromatic carbocycles. The van der Waals surface area contributed by atoms with Gasteiger partial charge in [-0.25, -0.2) is 0 Å². The maximum absolute atomic E-state index is 11.9. The fourth-order valence-corrected chi connectivity index (χ4v) is 5.30. The van der Waals surface area contributed by atoms with Crippen LogP contribution in [0.1, 0.15) is 74.1 Å². The number of hydrogen-bond acceptors (Lipinski definition) is 5. The lowest BCUT2D eigenvalue weighted by molar-refractivity contribution is -0.234. The molecule has 29 heavy (non-hydrogen) atoms. The molecule has 0 bridgehead atoms. The minimum absolute atomic E-state index is 0.0343. The van der Waals surface area contributed by atoms with Gasteiger partial charge in [0.2, 0.25) is 0 Å². The van der Waals surface area contributed by atoms with Gasteiger partial charge >= 0.3 is 11.9 Å². The number of aliphatic hydroxyl groups is 1. The summed E-state index contributed by atoms with van der Waals surface area (Å²) in [4.78, 5) is 23.8. The molecule has 0 aliphatic heterocycles. The van der Waals surface area contributed by atoms with Crippen LogP contribution >= 0.6 is 0 Å². The Hall–Kier alpha value is -1.62. The topological polar surface area (TPSA) is 72.8 Å². The summed E-state index contributed by atoms with van der Waals surface area (Å²) >= 11 is 0. The first-order valence-corrected chi connectivity index (χ1v) is 10.8. The summed E-state index contributed by atoms with van der Waals surface area (Å²) in [6, 6.07) is 0. The van der Waals surface area contributed by atoms with Crippen molar-refractivity contribution in [2.45, 2.75) is 92.0 Å². The Morgan fingerprint density at radius 2 is 1.72 bits per heavy atom. The molecule has 5 nitrogen and oxygen atoms in total. The highest BCUT2D eigenvalue weighted by atomic mass is 16.6.